The van der Waals surface area contributed by atoms with Gasteiger partial charge in [-0.25, -0.2) is 8.42 Å². The molecule has 32 heavy (non-hydrogen) atoms. The van der Waals surface area contributed by atoms with E-state index in [9.17, 15) is 18.0 Å². The minimum atomic E-state index is -3.77. The summed E-state index contributed by atoms with van der Waals surface area (Å²) in [5.74, 6) is -0.613. The van der Waals surface area contributed by atoms with E-state index in [1.54, 1.807) is 43.0 Å². The molecule has 1 atom stereocenters. The molecule has 1 aromatic carbocycles. The normalized spacial score (nSPS) is 16.2. The van der Waals surface area contributed by atoms with E-state index >= 15 is 0 Å². The van der Waals surface area contributed by atoms with Crippen molar-refractivity contribution in [1.82, 2.24) is 19.7 Å². The summed E-state index contributed by atoms with van der Waals surface area (Å²) in [6, 6.07) is 5.87. The SMILES string of the molecule is Cc1noc(C)c1S(=O)(=O)N1CCN(C(=O)[C@@H](NC(=O)c2ccccc2Cl)C(C)C)CC1. The Morgan fingerprint density at radius 3 is 2.28 bits per heavy atom. The molecule has 1 fully saturated rings. The summed E-state index contributed by atoms with van der Waals surface area (Å²) >= 11 is 6.10. The predicted octanol–water partition coefficient (Wildman–Crippen LogP) is 2.23. The number of carbonyl (C=O) groups excluding carboxylic acids is 2. The van der Waals surface area contributed by atoms with Gasteiger partial charge in [0, 0.05) is 26.2 Å². The van der Waals surface area contributed by atoms with Gasteiger partial charge in [0.15, 0.2) is 5.76 Å². The standard InChI is InChI=1S/C21H27ClN4O5S/c1-13(2)18(23-20(27)16-7-5-6-8-17(16)22)21(28)25-9-11-26(12-10-25)32(29,30)19-14(3)24-31-15(19)4/h5-8,13,18H,9-12H2,1-4H3,(H,23,27)/t18-/m0/s1. The van der Waals surface area contributed by atoms with Gasteiger partial charge in [-0.1, -0.05) is 42.7 Å². The lowest BCUT2D eigenvalue weighted by molar-refractivity contribution is -0.135. The Bertz CT molecular complexity index is 1090. The number of amides is 2. The van der Waals surface area contributed by atoms with Gasteiger partial charge in [-0.2, -0.15) is 4.31 Å². The maximum Gasteiger partial charge on any atom is 0.253 e. The summed E-state index contributed by atoms with van der Waals surface area (Å²) in [5.41, 5.74) is 0.603. The van der Waals surface area contributed by atoms with Gasteiger partial charge < -0.3 is 14.7 Å². The molecule has 2 heterocycles. The highest BCUT2D eigenvalue weighted by atomic mass is 35.5. The maximum absolute atomic E-state index is 13.2. The molecule has 0 spiro atoms. The molecule has 11 heteroatoms. The molecule has 2 amide bonds. The summed E-state index contributed by atoms with van der Waals surface area (Å²) in [4.78, 5) is 27.5. The van der Waals surface area contributed by atoms with E-state index < -0.39 is 22.0 Å². The second-order valence-electron chi connectivity index (χ2n) is 8.06. The van der Waals surface area contributed by atoms with Gasteiger partial charge in [0.1, 0.15) is 16.6 Å². The van der Waals surface area contributed by atoms with E-state index in [-0.39, 0.29) is 48.7 Å². The second-order valence-corrected chi connectivity index (χ2v) is 10.3. The number of halogens is 1. The van der Waals surface area contributed by atoms with Crippen molar-refractivity contribution in [3.8, 4) is 0 Å². The topological polar surface area (TPSA) is 113 Å². The van der Waals surface area contributed by atoms with Crippen LogP contribution in [-0.4, -0.2) is 66.8 Å². The van der Waals surface area contributed by atoms with Crippen molar-refractivity contribution in [2.75, 3.05) is 26.2 Å². The Kier molecular flexibility index (Phi) is 7.26. The van der Waals surface area contributed by atoms with Crippen LogP contribution in [0.15, 0.2) is 33.7 Å². The van der Waals surface area contributed by atoms with E-state index in [4.69, 9.17) is 16.1 Å². The Morgan fingerprint density at radius 2 is 1.75 bits per heavy atom. The van der Waals surface area contributed by atoms with Crippen LogP contribution in [0.1, 0.15) is 35.7 Å². The lowest BCUT2D eigenvalue weighted by Crippen LogP contribution is -2.57. The number of hydrogen-bond donors (Lipinski definition) is 1. The highest BCUT2D eigenvalue weighted by molar-refractivity contribution is 7.89. The molecule has 1 aromatic heterocycles. The first-order chi connectivity index (χ1) is 15.0. The Morgan fingerprint density at radius 1 is 1.12 bits per heavy atom. The Labute approximate surface area is 192 Å². The average molecular weight is 483 g/mol. The molecule has 0 unspecified atom stereocenters. The van der Waals surface area contributed by atoms with Gasteiger partial charge in [0.05, 0.1) is 10.6 Å². The first kappa shape index (κ1) is 24.2. The molecule has 1 aliphatic rings. The number of carbonyl (C=O) groups is 2. The van der Waals surface area contributed by atoms with Crippen LogP contribution in [0.2, 0.25) is 5.02 Å². The van der Waals surface area contributed by atoms with E-state index in [1.807, 2.05) is 13.8 Å². The molecule has 2 aromatic rings. The average Bonchev–Trinajstić information content (AvgIpc) is 3.10. The van der Waals surface area contributed by atoms with Crippen LogP contribution < -0.4 is 5.32 Å². The van der Waals surface area contributed by atoms with Crippen molar-refractivity contribution in [1.29, 1.82) is 0 Å². The Balaban J connectivity index is 1.69. The molecule has 1 saturated heterocycles. The number of rotatable bonds is 6. The van der Waals surface area contributed by atoms with Crippen LogP contribution >= 0.6 is 11.6 Å². The lowest BCUT2D eigenvalue weighted by Gasteiger charge is -2.36. The third kappa shape index (κ3) is 4.82. The van der Waals surface area contributed by atoms with Crippen molar-refractivity contribution >= 4 is 33.4 Å². The van der Waals surface area contributed by atoms with Gasteiger partial charge in [-0.15, -0.1) is 0 Å². The molecule has 1 aliphatic heterocycles. The number of aromatic nitrogens is 1. The number of hydrogen-bond acceptors (Lipinski definition) is 6. The van der Waals surface area contributed by atoms with E-state index in [0.29, 0.717) is 16.3 Å². The smallest absolute Gasteiger partial charge is 0.253 e. The zero-order valence-electron chi connectivity index (χ0n) is 18.5. The third-order valence-electron chi connectivity index (χ3n) is 5.45. The number of aryl methyl sites for hydroxylation is 2. The quantitative estimate of drug-likeness (QED) is 0.675. The molecule has 3 rings (SSSR count). The van der Waals surface area contributed by atoms with Gasteiger partial charge in [0.25, 0.3) is 5.91 Å². The first-order valence-electron chi connectivity index (χ1n) is 10.3. The van der Waals surface area contributed by atoms with E-state index in [2.05, 4.69) is 10.5 Å². The van der Waals surface area contributed by atoms with Gasteiger partial charge >= 0.3 is 0 Å². The minimum absolute atomic E-state index is 0.0735. The fourth-order valence-electron chi connectivity index (χ4n) is 3.70. The molecule has 0 aliphatic carbocycles. The highest BCUT2D eigenvalue weighted by Gasteiger charge is 2.36. The summed E-state index contributed by atoms with van der Waals surface area (Å²) in [6.45, 7) is 7.53. The fraction of sp³-hybridized carbons (Fsp3) is 0.476. The Hall–Kier alpha value is -2.43. The van der Waals surface area contributed by atoms with Gasteiger partial charge in [-0.3, -0.25) is 9.59 Å². The van der Waals surface area contributed by atoms with Crippen molar-refractivity contribution in [3.63, 3.8) is 0 Å². The predicted molar refractivity (Wildman–Crippen MR) is 119 cm³/mol. The largest absolute Gasteiger partial charge is 0.360 e. The zero-order valence-corrected chi connectivity index (χ0v) is 20.0. The molecular weight excluding hydrogens is 456 g/mol. The molecule has 174 valence electrons. The van der Waals surface area contributed by atoms with Crippen LogP contribution in [0.25, 0.3) is 0 Å². The summed E-state index contributed by atoms with van der Waals surface area (Å²) in [5, 5.41) is 6.81. The number of nitrogens with zero attached hydrogens (tertiary/aromatic N) is 3. The number of nitrogens with one attached hydrogen (secondary N) is 1. The highest BCUT2D eigenvalue weighted by Crippen LogP contribution is 2.24. The van der Waals surface area contributed by atoms with Crippen LogP contribution in [-0.2, 0) is 14.8 Å². The van der Waals surface area contributed by atoms with Crippen LogP contribution in [0.4, 0.5) is 0 Å². The third-order valence-corrected chi connectivity index (χ3v) is 7.93. The van der Waals surface area contributed by atoms with Gasteiger partial charge in [-0.05, 0) is 31.9 Å². The first-order valence-corrected chi connectivity index (χ1v) is 12.1. The van der Waals surface area contributed by atoms with E-state index in [1.165, 1.54) is 4.31 Å². The molecule has 0 bridgehead atoms. The molecule has 1 N–H and O–H groups in total. The zero-order chi connectivity index (χ0) is 23.6. The summed E-state index contributed by atoms with van der Waals surface area (Å²) in [7, 11) is -3.77. The molecule has 9 nitrogen and oxygen atoms in total. The summed E-state index contributed by atoms with van der Waals surface area (Å²) in [6.07, 6.45) is 0. The molecule has 0 saturated carbocycles. The maximum atomic E-state index is 13.2. The fourth-order valence-corrected chi connectivity index (χ4v) is 5.63. The van der Waals surface area contributed by atoms with Crippen LogP contribution in [0.3, 0.4) is 0 Å². The van der Waals surface area contributed by atoms with Crippen LogP contribution in [0, 0.1) is 19.8 Å². The second kappa shape index (κ2) is 9.60. The van der Waals surface area contributed by atoms with Crippen molar-refractivity contribution in [3.05, 3.63) is 46.3 Å². The van der Waals surface area contributed by atoms with Crippen molar-refractivity contribution in [2.45, 2.75) is 38.6 Å². The van der Waals surface area contributed by atoms with E-state index in [0.717, 1.165) is 0 Å². The minimum Gasteiger partial charge on any atom is -0.360 e. The number of sulfonamides is 1. The molecule has 0 radical (unpaired) electrons. The lowest BCUT2D eigenvalue weighted by atomic mass is 10.0. The van der Waals surface area contributed by atoms with Crippen LogP contribution in [0.5, 0.6) is 0 Å². The summed E-state index contributed by atoms with van der Waals surface area (Å²) < 4.78 is 32.3. The number of benzene rings is 1. The van der Waals surface area contributed by atoms with Crippen molar-refractivity contribution in [2.24, 2.45) is 5.92 Å². The molecular formula is C21H27ClN4O5S. The monoisotopic (exact) mass is 482 g/mol. The van der Waals surface area contributed by atoms with Crippen molar-refractivity contribution < 1.29 is 22.5 Å². The number of piperazine rings is 1. The van der Waals surface area contributed by atoms with Gasteiger partial charge in [0.2, 0.25) is 15.9 Å².